The summed E-state index contributed by atoms with van der Waals surface area (Å²) in [7, 11) is 0. The molecule has 0 aliphatic rings. The van der Waals surface area contributed by atoms with Gasteiger partial charge in [0.05, 0.1) is 23.9 Å². The van der Waals surface area contributed by atoms with E-state index < -0.39 is 0 Å². The zero-order valence-corrected chi connectivity index (χ0v) is 19.2. The highest BCUT2D eigenvalue weighted by atomic mass is 32.2. The Morgan fingerprint density at radius 1 is 1.19 bits per heavy atom. The summed E-state index contributed by atoms with van der Waals surface area (Å²) in [5.74, 6) is 0.395. The number of amides is 1. The van der Waals surface area contributed by atoms with Crippen LogP contribution in [0.4, 0.5) is 5.69 Å². The third-order valence-electron chi connectivity index (χ3n) is 4.81. The number of hydrogen-bond acceptors (Lipinski definition) is 6. The van der Waals surface area contributed by atoms with Gasteiger partial charge in [-0.15, -0.1) is 11.8 Å². The molecule has 3 aromatic rings. The summed E-state index contributed by atoms with van der Waals surface area (Å²) in [5.41, 5.74) is 4.98. The van der Waals surface area contributed by atoms with Gasteiger partial charge in [0, 0.05) is 39.2 Å². The normalized spacial score (nSPS) is 11.7. The van der Waals surface area contributed by atoms with Gasteiger partial charge >= 0.3 is 0 Å². The average Bonchev–Trinajstić information content (AvgIpc) is 2.97. The van der Waals surface area contributed by atoms with Crippen molar-refractivity contribution < 1.29 is 4.79 Å². The van der Waals surface area contributed by atoms with Gasteiger partial charge in [0.15, 0.2) is 0 Å². The molecule has 1 unspecified atom stereocenters. The quantitative estimate of drug-likeness (QED) is 0.551. The monoisotopic (exact) mass is 434 g/mol. The lowest BCUT2D eigenvalue weighted by atomic mass is 10.1. The molecule has 0 saturated heterocycles. The molecular formula is C23H26N6OS. The number of hydrogen-bond donors (Lipinski definition) is 1. The molecule has 0 radical (unpaired) electrons. The maximum Gasteiger partial charge on any atom is 0.251 e. The van der Waals surface area contributed by atoms with E-state index in [1.165, 1.54) is 0 Å². The third kappa shape index (κ3) is 5.50. The number of para-hydroxylation sites is 1. The molecular weight excluding hydrogens is 408 g/mol. The Kier molecular flexibility index (Phi) is 7.08. The number of rotatable bonds is 7. The average molecular weight is 435 g/mol. The molecule has 0 fully saturated rings. The van der Waals surface area contributed by atoms with Crippen LogP contribution in [0.1, 0.15) is 41.7 Å². The number of aromatic nitrogens is 4. The van der Waals surface area contributed by atoms with E-state index in [4.69, 9.17) is 5.26 Å². The van der Waals surface area contributed by atoms with Gasteiger partial charge in [-0.25, -0.2) is 14.6 Å². The first-order chi connectivity index (χ1) is 14.8. The molecule has 31 heavy (non-hydrogen) atoms. The molecule has 1 N–H and O–H groups in total. The van der Waals surface area contributed by atoms with E-state index in [9.17, 15) is 4.79 Å². The number of carbonyl (C=O) groups excluding carboxylic acids is 1. The lowest BCUT2D eigenvalue weighted by Crippen LogP contribution is -2.16. The highest BCUT2D eigenvalue weighted by Crippen LogP contribution is 2.31. The number of nitrogens with one attached hydrogen (secondary N) is 1. The molecule has 0 aliphatic heterocycles. The maximum absolute atomic E-state index is 12.9. The molecule has 2 aromatic heterocycles. The van der Waals surface area contributed by atoms with Crippen LogP contribution in [0.5, 0.6) is 0 Å². The third-order valence-corrected chi connectivity index (χ3v) is 5.99. The van der Waals surface area contributed by atoms with Crippen molar-refractivity contribution in [2.24, 2.45) is 0 Å². The van der Waals surface area contributed by atoms with Gasteiger partial charge in [-0.1, -0.05) is 19.1 Å². The molecule has 2 heterocycles. The van der Waals surface area contributed by atoms with Crippen molar-refractivity contribution in [1.82, 2.24) is 19.7 Å². The lowest BCUT2D eigenvalue weighted by molar-refractivity contribution is -0.115. The second kappa shape index (κ2) is 9.75. The van der Waals surface area contributed by atoms with Crippen molar-refractivity contribution in [1.29, 1.82) is 5.26 Å². The molecule has 0 aliphatic carbocycles. The van der Waals surface area contributed by atoms with Crippen LogP contribution >= 0.6 is 11.8 Å². The van der Waals surface area contributed by atoms with Crippen molar-refractivity contribution in [3.8, 4) is 12.0 Å². The standard InChI is InChI=1S/C23H26N6OS/c1-14-12-15(2)26-23(25-14)29-18(5)19(17(4)28-29)13-22(30)27-20-8-6-7-9-21(20)31-16(3)10-11-24/h6-9,12,16H,10,13H2,1-5H3,(H,27,30). The Morgan fingerprint density at radius 2 is 1.87 bits per heavy atom. The molecule has 1 amide bonds. The first-order valence-corrected chi connectivity index (χ1v) is 11.0. The Bertz CT molecular complexity index is 1130. The molecule has 160 valence electrons. The predicted octanol–water partition coefficient (Wildman–Crippen LogP) is 4.47. The molecule has 1 aromatic carbocycles. The summed E-state index contributed by atoms with van der Waals surface area (Å²) in [6, 6.07) is 11.8. The predicted molar refractivity (Wildman–Crippen MR) is 122 cm³/mol. The van der Waals surface area contributed by atoms with Gasteiger partial charge < -0.3 is 5.32 Å². The summed E-state index contributed by atoms with van der Waals surface area (Å²) in [6.45, 7) is 9.66. The highest BCUT2D eigenvalue weighted by Gasteiger charge is 2.18. The molecule has 3 rings (SSSR count). The van der Waals surface area contributed by atoms with Crippen LogP contribution in [-0.2, 0) is 11.2 Å². The van der Waals surface area contributed by atoms with E-state index in [0.717, 1.165) is 38.9 Å². The van der Waals surface area contributed by atoms with E-state index >= 15 is 0 Å². The lowest BCUT2D eigenvalue weighted by Gasteiger charge is -2.13. The minimum Gasteiger partial charge on any atom is -0.325 e. The zero-order valence-electron chi connectivity index (χ0n) is 18.4. The molecule has 8 heteroatoms. The van der Waals surface area contributed by atoms with E-state index in [0.29, 0.717) is 12.4 Å². The second-order valence-electron chi connectivity index (χ2n) is 7.52. The fourth-order valence-electron chi connectivity index (χ4n) is 3.34. The fraction of sp³-hybridized carbons (Fsp3) is 0.348. The van der Waals surface area contributed by atoms with Crippen molar-refractivity contribution in [3.63, 3.8) is 0 Å². The van der Waals surface area contributed by atoms with Crippen molar-refractivity contribution in [3.05, 3.63) is 58.7 Å². The van der Waals surface area contributed by atoms with Gasteiger partial charge in [-0.2, -0.15) is 10.4 Å². The summed E-state index contributed by atoms with van der Waals surface area (Å²) in [5, 5.41) is 16.6. The first-order valence-electron chi connectivity index (χ1n) is 10.1. The number of benzene rings is 1. The molecule has 7 nitrogen and oxygen atoms in total. The van der Waals surface area contributed by atoms with E-state index in [1.54, 1.807) is 16.4 Å². The SMILES string of the molecule is Cc1cc(C)nc(-n2nc(C)c(CC(=O)Nc3ccccc3SC(C)CC#N)c2C)n1. The van der Waals surface area contributed by atoms with Crippen molar-refractivity contribution in [2.45, 2.75) is 57.6 Å². The molecule has 0 spiro atoms. The van der Waals surface area contributed by atoms with Crippen LogP contribution in [0.15, 0.2) is 35.2 Å². The minimum atomic E-state index is -0.118. The number of carbonyl (C=O) groups is 1. The number of thioether (sulfide) groups is 1. The molecule has 1 atom stereocenters. The largest absolute Gasteiger partial charge is 0.325 e. The number of nitriles is 1. The van der Waals surface area contributed by atoms with Crippen LogP contribution in [0.25, 0.3) is 5.95 Å². The Balaban J connectivity index is 1.79. The molecule has 0 bridgehead atoms. The maximum atomic E-state index is 12.9. The Labute approximate surface area is 186 Å². The van der Waals surface area contributed by atoms with Crippen LogP contribution in [0.2, 0.25) is 0 Å². The van der Waals surface area contributed by atoms with Crippen LogP contribution in [-0.4, -0.2) is 30.9 Å². The molecule has 0 saturated carbocycles. The Morgan fingerprint density at radius 3 is 2.55 bits per heavy atom. The first kappa shape index (κ1) is 22.5. The summed E-state index contributed by atoms with van der Waals surface area (Å²) >= 11 is 1.58. The number of anilines is 1. The Hall–Kier alpha value is -3.18. The smallest absolute Gasteiger partial charge is 0.251 e. The number of nitrogens with zero attached hydrogens (tertiary/aromatic N) is 5. The van der Waals surface area contributed by atoms with Crippen molar-refractivity contribution in [2.75, 3.05) is 5.32 Å². The van der Waals surface area contributed by atoms with Crippen LogP contribution in [0, 0.1) is 39.0 Å². The van der Waals surface area contributed by atoms with Gasteiger partial charge in [0.2, 0.25) is 5.91 Å². The summed E-state index contributed by atoms with van der Waals surface area (Å²) in [6.07, 6.45) is 0.653. The van der Waals surface area contributed by atoms with Gasteiger partial charge in [-0.3, -0.25) is 4.79 Å². The van der Waals surface area contributed by atoms with Gasteiger partial charge in [-0.05, 0) is 45.9 Å². The highest BCUT2D eigenvalue weighted by molar-refractivity contribution is 8.00. The van der Waals surface area contributed by atoms with Gasteiger partial charge in [0.1, 0.15) is 0 Å². The van der Waals surface area contributed by atoms with Crippen molar-refractivity contribution >= 4 is 23.4 Å². The second-order valence-corrected chi connectivity index (χ2v) is 9.00. The van der Waals surface area contributed by atoms with Crippen LogP contribution in [0.3, 0.4) is 0 Å². The van der Waals surface area contributed by atoms with E-state index in [2.05, 4.69) is 26.5 Å². The number of aryl methyl sites for hydroxylation is 3. The van der Waals surface area contributed by atoms with E-state index in [-0.39, 0.29) is 17.6 Å². The zero-order chi connectivity index (χ0) is 22.5. The topological polar surface area (TPSA) is 96.5 Å². The minimum absolute atomic E-state index is 0.118. The summed E-state index contributed by atoms with van der Waals surface area (Å²) < 4.78 is 1.70. The van der Waals surface area contributed by atoms with Crippen LogP contribution < -0.4 is 5.32 Å². The summed E-state index contributed by atoms with van der Waals surface area (Å²) in [4.78, 5) is 22.8. The van der Waals surface area contributed by atoms with E-state index in [1.807, 2.05) is 65.0 Å². The fourth-order valence-corrected chi connectivity index (χ4v) is 4.34. The van der Waals surface area contributed by atoms with Gasteiger partial charge in [0.25, 0.3) is 5.95 Å².